The molecule has 2 aliphatic rings. The lowest BCUT2D eigenvalue weighted by Crippen LogP contribution is -2.48. The van der Waals surface area contributed by atoms with Gasteiger partial charge in [0, 0.05) is 57.7 Å². The average Bonchev–Trinajstić information content (AvgIpc) is 2.88. The summed E-state index contributed by atoms with van der Waals surface area (Å²) in [5.41, 5.74) is 10.2. The van der Waals surface area contributed by atoms with Crippen molar-refractivity contribution >= 4 is 22.5 Å². The van der Waals surface area contributed by atoms with Gasteiger partial charge in [-0.2, -0.15) is 0 Å². The normalized spacial score (nSPS) is 16.5. The summed E-state index contributed by atoms with van der Waals surface area (Å²) in [6, 6.07) is 24.5. The van der Waals surface area contributed by atoms with Gasteiger partial charge in [0.2, 0.25) is 0 Å². The van der Waals surface area contributed by atoms with Gasteiger partial charge in [-0.3, -0.25) is 4.90 Å². The minimum Gasteiger partial charge on any atom is -0.508 e. The van der Waals surface area contributed by atoms with E-state index in [0.717, 1.165) is 39.0 Å². The van der Waals surface area contributed by atoms with E-state index < -0.39 is 0 Å². The summed E-state index contributed by atoms with van der Waals surface area (Å²) in [6.07, 6.45) is 1.90. The maximum absolute atomic E-state index is 10.1. The molecule has 3 aromatic carbocycles. The number of phenols is 1. The standard InChI is InChI=1S/C31H37N3O/c1-22(2)33-17-19-34(20-18-33)27-12-7-24(8-13-27)31-29(23-5-10-26(11-6-23)32(3)4)15-9-25-21-28(35)14-16-30(25)31/h5-8,10-14,16,21-22,35H,9,15,17-20H2,1-4H3. The van der Waals surface area contributed by atoms with E-state index in [0.29, 0.717) is 11.8 Å². The van der Waals surface area contributed by atoms with Crippen LogP contribution in [0.1, 0.15) is 42.5 Å². The number of aryl methyl sites for hydroxylation is 1. The van der Waals surface area contributed by atoms with Gasteiger partial charge in [0.15, 0.2) is 0 Å². The highest BCUT2D eigenvalue weighted by molar-refractivity contribution is 6.01. The Morgan fingerprint density at radius 3 is 2.06 bits per heavy atom. The molecule has 0 atom stereocenters. The predicted octanol–water partition coefficient (Wildman–Crippen LogP) is 5.89. The number of fused-ring (bicyclic) bond motifs is 1. The van der Waals surface area contributed by atoms with Crippen LogP contribution in [0.4, 0.5) is 11.4 Å². The van der Waals surface area contributed by atoms with E-state index >= 15 is 0 Å². The molecule has 0 spiro atoms. The zero-order chi connectivity index (χ0) is 24.5. The minimum atomic E-state index is 0.345. The van der Waals surface area contributed by atoms with E-state index in [1.165, 1.54) is 44.8 Å². The van der Waals surface area contributed by atoms with Crippen LogP contribution in [0.25, 0.3) is 11.1 Å². The lowest BCUT2D eigenvalue weighted by atomic mass is 9.79. The molecule has 1 aliphatic carbocycles. The van der Waals surface area contributed by atoms with Crippen LogP contribution in [0.5, 0.6) is 5.75 Å². The number of piperazine rings is 1. The molecule has 4 nitrogen and oxygen atoms in total. The average molecular weight is 468 g/mol. The van der Waals surface area contributed by atoms with Gasteiger partial charge in [-0.15, -0.1) is 0 Å². The number of aromatic hydroxyl groups is 1. The Kier molecular flexibility index (Phi) is 6.57. The fourth-order valence-electron chi connectivity index (χ4n) is 5.49. The van der Waals surface area contributed by atoms with Crippen LogP contribution in [-0.2, 0) is 6.42 Å². The summed E-state index contributed by atoms with van der Waals surface area (Å²) < 4.78 is 0. The summed E-state index contributed by atoms with van der Waals surface area (Å²) in [5, 5.41) is 10.1. The van der Waals surface area contributed by atoms with Crippen molar-refractivity contribution < 1.29 is 5.11 Å². The van der Waals surface area contributed by atoms with Crippen molar-refractivity contribution in [2.24, 2.45) is 0 Å². The van der Waals surface area contributed by atoms with Crippen molar-refractivity contribution in [2.75, 3.05) is 50.1 Å². The molecule has 4 heteroatoms. The molecule has 0 unspecified atom stereocenters. The van der Waals surface area contributed by atoms with Gasteiger partial charge in [-0.1, -0.05) is 30.3 Å². The number of hydrogen-bond donors (Lipinski definition) is 1. The predicted molar refractivity (Wildman–Crippen MR) is 148 cm³/mol. The first-order valence-corrected chi connectivity index (χ1v) is 12.8. The molecule has 5 rings (SSSR count). The molecule has 0 bridgehead atoms. The van der Waals surface area contributed by atoms with Gasteiger partial charge in [0.05, 0.1) is 0 Å². The van der Waals surface area contributed by atoms with Crippen molar-refractivity contribution in [3.8, 4) is 5.75 Å². The van der Waals surface area contributed by atoms with E-state index in [1.807, 2.05) is 12.1 Å². The Balaban J connectivity index is 1.51. The molecule has 1 fully saturated rings. The second-order valence-electron chi connectivity index (χ2n) is 10.3. The first-order valence-electron chi connectivity index (χ1n) is 12.8. The minimum absolute atomic E-state index is 0.345. The maximum Gasteiger partial charge on any atom is 0.115 e. The Labute approximate surface area is 210 Å². The molecule has 1 saturated heterocycles. The molecule has 0 saturated carbocycles. The molecule has 1 aliphatic heterocycles. The van der Waals surface area contributed by atoms with E-state index in [4.69, 9.17) is 0 Å². The zero-order valence-corrected chi connectivity index (χ0v) is 21.5. The number of allylic oxidation sites excluding steroid dienone is 1. The van der Waals surface area contributed by atoms with Crippen molar-refractivity contribution in [1.29, 1.82) is 0 Å². The van der Waals surface area contributed by atoms with Crippen molar-refractivity contribution in [2.45, 2.75) is 32.7 Å². The van der Waals surface area contributed by atoms with Gasteiger partial charge in [0.25, 0.3) is 0 Å². The van der Waals surface area contributed by atoms with E-state index in [2.05, 4.69) is 97.2 Å². The molecule has 35 heavy (non-hydrogen) atoms. The van der Waals surface area contributed by atoms with Crippen LogP contribution in [0.2, 0.25) is 0 Å². The number of hydrogen-bond acceptors (Lipinski definition) is 4. The summed E-state index contributed by atoms with van der Waals surface area (Å²) in [7, 11) is 4.15. The summed E-state index contributed by atoms with van der Waals surface area (Å²) in [4.78, 5) is 7.19. The fourth-order valence-corrected chi connectivity index (χ4v) is 5.49. The maximum atomic E-state index is 10.1. The summed E-state index contributed by atoms with van der Waals surface area (Å²) in [5.74, 6) is 0.345. The molecular formula is C31H37N3O. The Morgan fingerprint density at radius 2 is 1.43 bits per heavy atom. The molecule has 182 valence electrons. The lowest BCUT2D eigenvalue weighted by Gasteiger charge is -2.38. The van der Waals surface area contributed by atoms with Crippen LogP contribution in [0.3, 0.4) is 0 Å². The van der Waals surface area contributed by atoms with Crippen LogP contribution in [0.15, 0.2) is 66.7 Å². The molecule has 0 radical (unpaired) electrons. The Hall–Kier alpha value is -3.24. The topological polar surface area (TPSA) is 30.0 Å². The van der Waals surface area contributed by atoms with Crippen LogP contribution >= 0.6 is 0 Å². The number of anilines is 2. The lowest BCUT2D eigenvalue weighted by molar-refractivity contribution is 0.209. The third kappa shape index (κ3) is 4.81. The van der Waals surface area contributed by atoms with Crippen molar-refractivity contribution in [3.05, 3.63) is 89.0 Å². The molecule has 3 aromatic rings. The number of phenolic OH excluding ortho intramolecular Hbond substituents is 1. The zero-order valence-electron chi connectivity index (χ0n) is 21.5. The molecule has 1 heterocycles. The molecule has 0 aromatic heterocycles. The molecule has 0 amide bonds. The summed E-state index contributed by atoms with van der Waals surface area (Å²) in [6.45, 7) is 8.96. The highest BCUT2D eigenvalue weighted by atomic mass is 16.3. The first-order chi connectivity index (χ1) is 16.9. The SMILES string of the molecule is CC(C)N1CCN(c2ccc(C3=C(c4ccc(N(C)C)cc4)CCc4cc(O)ccc43)cc2)CC1. The second-order valence-corrected chi connectivity index (χ2v) is 10.3. The van der Waals surface area contributed by atoms with Crippen molar-refractivity contribution in [1.82, 2.24) is 4.90 Å². The molecule has 1 N–H and O–H groups in total. The van der Waals surface area contributed by atoms with E-state index in [-0.39, 0.29) is 0 Å². The van der Waals surface area contributed by atoms with Gasteiger partial charge >= 0.3 is 0 Å². The van der Waals surface area contributed by atoms with Gasteiger partial charge < -0.3 is 14.9 Å². The first kappa shape index (κ1) is 23.5. The van der Waals surface area contributed by atoms with E-state index in [9.17, 15) is 5.11 Å². The quantitative estimate of drug-likeness (QED) is 0.506. The monoisotopic (exact) mass is 467 g/mol. The highest BCUT2D eigenvalue weighted by Gasteiger charge is 2.23. The van der Waals surface area contributed by atoms with Gasteiger partial charge in [0.1, 0.15) is 5.75 Å². The number of benzene rings is 3. The third-order valence-corrected chi connectivity index (χ3v) is 7.60. The van der Waals surface area contributed by atoms with Crippen LogP contribution < -0.4 is 9.80 Å². The Morgan fingerprint density at radius 1 is 0.771 bits per heavy atom. The smallest absolute Gasteiger partial charge is 0.115 e. The summed E-state index contributed by atoms with van der Waals surface area (Å²) >= 11 is 0. The second kappa shape index (κ2) is 9.79. The third-order valence-electron chi connectivity index (χ3n) is 7.60. The number of rotatable bonds is 5. The Bertz CT molecular complexity index is 1200. The van der Waals surface area contributed by atoms with Crippen LogP contribution in [-0.4, -0.2) is 56.3 Å². The highest BCUT2D eigenvalue weighted by Crippen LogP contribution is 2.42. The largest absolute Gasteiger partial charge is 0.508 e. The fraction of sp³-hybridized carbons (Fsp3) is 0.355. The van der Waals surface area contributed by atoms with Crippen LogP contribution in [0, 0.1) is 0 Å². The van der Waals surface area contributed by atoms with Crippen molar-refractivity contribution in [3.63, 3.8) is 0 Å². The van der Waals surface area contributed by atoms with Gasteiger partial charge in [-0.05, 0) is 96.5 Å². The molecular weight excluding hydrogens is 430 g/mol. The van der Waals surface area contributed by atoms with E-state index in [1.54, 1.807) is 0 Å². The number of nitrogens with zero attached hydrogens (tertiary/aromatic N) is 3. The van der Waals surface area contributed by atoms with Gasteiger partial charge in [-0.25, -0.2) is 0 Å².